The minimum atomic E-state index is 0.0599. The third-order valence-corrected chi connectivity index (χ3v) is 5.86. The van der Waals surface area contributed by atoms with E-state index in [0.29, 0.717) is 0 Å². The molecule has 0 saturated heterocycles. The van der Waals surface area contributed by atoms with E-state index in [9.17, 15) is 0 Å². The quantitative estimate of drug-likeness (QED) is 0.272. The summed E-state index contributed by atoms with van der Waals surface area (Å²) in [5, 5.41) is 7.63. The van der Waals surface area contributed by atoms with Gasteiger partial charge in [-0.05, 0) is 63.0 Å². The molecule has 0 aliphatic heterocycles. The van der Waals surface area contributed by atoms with Gasteiger partial charge in [-0.25, -0.2) is 0 Å². The van der Waals surface area contributed by atoms with Gasteiger partial charge in [-0.15, -0.1) is 0 Å². The van der Waals surface area contributed by atoms with Gasteiger partial charge >= 0.3 is 0 Å². The number of benzene rings is 4. The van der Waals surface area contributed by atoms with E-state index >= 15 is 0 Å². The van der Waals surface area contributed by atoms with Crippen LogP contribution in [0.5, 0.6) is 0 Å². The number of fused-ring (bicyclic) bond motifs is 4. The highest BCUT2D eigenvalue weighted by molar-refractivity contribution is 6.11. The first-order chi connectivity index (χ1) is 13.9. The van der Waals surface area contributed by atoms with Gasteiger partial charge in [0.2, 0.25) is 0 Å². The van der Waals surface area contributed by atoms with Crippen molar-refractivity contribution in [3.05, 3.63) is 90.1 Å². The summed E-state index contributed by atoms with van der Waals surface area (Å²) in [6.45, 7) is 8.99. The van der Waals surface area contributed by atoms with Crippen LogP contribution in [0.25, 0.3) is 43.6 Å². The molecule has 0 radical (unpaired) electrons. The Kier molecular flexibility index (Phi) is 3.96. The van der Waals surface area contributed by atoms with Crippen LogP contribution in [0.4, 0.5) is 0 Å². The van der Waals surface area contributed by atoms with E-state index in [2.05, 4.69) is 100 Å². The van der Waals surface area contributed by atoms with Crippen molar-refractivity contribution in [1.29, 1.82) is 0 Å². The largest absolute Gasteiger partial charge is 0.256 e. The molecule has 1 heterocycles. The van der Waals surface area contributed by atoms with Gasteiger partial charge < -0.3 is 0 Å². The Hall–Kier alpha value is -3.19. The second-order valence-corrected chi connectivity index (χ2v) is 9.04. The number of aryl methyl sites for hydroxylation is 1. The van der Waals surface area contributed by atoms with E-state index in [4.69, 9.17) is 4.98 Å². The van der Waals surface area contributed by atoms with Crippen molar-refractivity contribution in [2.24, 2.45) is 0 Å². The second kappa shape index (κ2) is 6.42. The summed E-state index contributed by atoms with van der Waals surface area (Å²) >= 11 is 0. The molecular formula is C28H25N. The van der Waals surface area contributed by atoms with Crippen LogP contribution in [0, 0.1) is 6.92 Å². The van der Waals surface area contributed by atoms with Crippen LogP contribution < -0.4 is 0 Å². The lowest BCUT2D eigenvalue weighted by Gasteiger charge is -2.23. The van der Waals surface area contributed by atoms with E-state index in [-0.39, 0.29) is 5.41 Å². The Morgan fingerprint density at radius 2 is 1.41 bits per heavy atom. The van der Waals surface area contributed by atoms with Gasteiger partial charge in [0, 0.05) is 17.1 Å². The minimum Gasteiger partial charge on any atom is -0.256 e. The van der Waals surface area contributed by atoms with Crippen molar-refractivity contribution in [1.82, 2.24) is 4.98 Å². The van der Waals surface area contributed by atoms with E-state index in [1.54, 1.807) is 0 Å². The summed E-state index contributed by atoms with van der Waals surface area (Å²) in [7, 11) is 0. The number of hydrogen-bond donors (Lipinski definition) is 0. The topological polar surface area (TPSA) is 12.9 Å². The molecule has 5 aromatic rings. The van der Waals surface area contributed by atoms with Gasteiger partial charge in [0.05, 0.1) is 5.69 Å². The summed E-state index contributed by atoms with van der Waals surface area (Å²) in [5.74, 6) is 0. The maximum atomic E-state index is 4.83. The summed E-state index contributed by atoms with van der Waals surface area (Å²) in [4.78, 5) is 4.83. The zero-order valence-electron chi connectivity index (χ0n) is 17.5. The molecule has 5 rings (SSSR count). The van der Waals surface area contributed by atoms with E-state index in [0.717, 1.165) is 5.69 Å². The molecule has 0 bridgehead atoms. The van der Waals surface area contributed by atoms with Crippen molar-refractivity contribution in [2.75, 3.05) is 0 Å². The highest BCUT2D eigenvalue weighted by Gasteiger charge is 2.19. The number of hydrogen-bond acceptors (Lipinski definition) is 1. The zero-order valence-corrected chi connectivity index (χ0v) is 17.5. The average molecular weight is 376 g/mol. The first-order valence-electron chi connectivity index (χ1n) is 10.2. The number of rotatable bonds is 1. The van der Waals surface area contributed by atoms with Gasteiger partial charge in [-0.1, -0.05) is 80.9 Å². The normalized spacial score (nSPS) is 12.1. The van der Waals surface area contributed by atoms with Crippen molar-refractivity contribution in [2.45, 2.75) is 33.1 Å². The molecule has 0 saturated carbocycles. The van der Waals surface area contributed by atoms with Gasteiger partial charge in [0.15, 0.2) is 0 Å². The molecule has 142 valence electrons. The van der Waals surface area contributed by atoms with Gasteiger partial charge in [-0.2, -0.15) is 0 Å². The fraction of sp³-hybridized carbons (Fsp3) is 0.179. The van der Waals surface area contributed by atoms with Crippen molar-refractivity contribution < 1.29 is 0 Å². The lowest BCUT2D eigenvalue weighted by Crippen LogP contribution is -2.12. The van der Waals surface area contributed by atoms with Crippen LogP contribution in [0.2, 0.25) is 0 Å². The van der Waals surface area contributed by atoms with Crippen LogP contribution >= 0.6 is 0 Å². The molecule has 0 atom stereocenters. The van der Waals surface area contributed by atoms with Crippen molar-refractivity contribution in [3.8, 4) is 11.3 Å². The van der Waals surface area contributed by atoms with Crippen LogP contribution in [-0.2, 0) is 5.41 Å². The minimum absolute atomic E-state index is 0.0599. The predicted molar refractivity (Wildman–Crippen MR) is 126 cm³/mol. The summed E-state index contributed by atoms with van der Waals surface area (Å²) in [6.07, 6.45) is 1.95. The van der Waals surface area contributed by atoms with Crippen molar-refractivity contribution >= 4 is 32.3 Å². The highest BCUT2D eigenvalue weighted by atomic mass is 14.7. The molecule has 1 heteroatoms. The molecule has 4 aromatic carbocycles. The van der Waals surface area contributed by atoms with Crippen LogP contribution in [0.3, 0.4) is 0 Å². The maximum Gasteiger partial charge on any atom is 0.0780 e. The molecule has 0 amide bonds. The monoisotopic (exact) mass is 375 g/mol. The van der Waals surface area contributed by atoms with Gasteiger partial charge in [-0.3, -0.25) is 4.98 Å². The molecule has 0 N–H and O–H groups in total. The predicted octanol–water partition coefficient (Wildman–Crippen LogP) is 7.81. The number of nitrogens with zero attached hydrogens (tertiary/aromatic N) is 1. The lowest BCUT2D eigenvalue weighted by atomic mass is 9.82. The standard InChI is InChI=1S/C28H25N/c1-18-9-11-22-20(15-18)10-12-25-24(22)13-14-29-27(25)21-16-19-7-5-6-8-23(19)26(17-21)28(2,3)4/h5-17H,1-4H3. The SMILES string of the molecule is Cc1ccc2c(ccc3c(-c4cc(C(C)(C)C)c5ccccc5c4)nccc32)c1. The number of aromatic nitrogens is 1. The molecule has 0 unspecified atom stereocenters. The fourth-order valence-electron chi connectivity index (χ4n) is 4.41. The first kappa shape index (κ1) is 17.9. The molecule has 1 nitrogen and oxygen atoms in total. The Balaban J connectivity index is 1.84. The first-order valence-corrected chi connectivity index (χ1v) is 10.2. The van der Waals surface area contributed by atoms with Gasteiger partial charge in [0.25, 0.3) is 0 Å². The molecule has 1 aromatic heterocycles. The zero-order chi connectivity index (χ0) is 20.2. The Morgan fingerprint density at radius 1 is 0.655 bits per heavy atom. The highest BCUT2D eigenvalue weighted by Crippen LogP contribution is 2.37. The Morgan fingerprint density at radius 3 is 2.24 bits per heavy atom. The summed E-state index contributed by atoms with van der Waals surface area (Å²) in [6, 6.07) is 26.6. The van der Waals surface area contributed by atoms with Crippen LogP contribution in [0.15, 0.2) is 79.0 Å². The molecule has 0 spiro atoms. The van der Waals surface area contributed by atoms with E-state index in [1.807, 2.05) is 6.20 Å². The van der Waals surface area contributed by atoms with Gasteiger partial charge in [0.1, 0.15) is 0 Å². The van der Waals surface area contributed by atoms with E-state index in [1.165, 1.54) is 49.0 Å². The molecular weight excluding hydrogens is 350 g/mol. The third kappa shape index (κ3) is 2.98. The summed E-state index contributed by atoms with van der Waals surface area (Å²) in [5.41, 5.74) is 4.95. The molecule has 0 fully saturated rings. The smallest absolute Gasteiger partial charge is 0.0780 e. The Bertz CT molecular complexity index is 1390. The van der Waals surface area contributed by atoms with Crippen molar-refractivity contribution in [3.63, 3.8) is 0 Å². The van der Waals surface area contributed by atoms with Crippen LogP contribution in [-0.4, -0.2) is 4.98 Å². The maximum absolute atomic E-state index is 4.83. The molecule has 0 aliphatic rings. The molecule has 0 aliphatic carbocycles. The Labute approximate surface area is 172 Å². The average Bonchev–Trinajstić information content (AvgIpc) is 2.71. The fourth-order valence-corrected chi connectivity index (χ4v) is 4.41. The molecule has 29 heavy (non-hydrogen) atoms. The third-order valence-electron chi connectivity index (χ3n) is 5.86. The van der Waals surface area contributed by atoms with Crippen LogP contribution in [0.1, 0.15) is 31.9 Å². The second-order valence-electron chi connectivity index (χ2n) is 9.04. The van der Waals surface area contributed by atoms with E-state index < -0.39 is 0 Å². The number of pyridine rings is 1. The lowest BCUT2D eigenvalue weighted by molar-refractivity contribution is 0.596. The summed E-state index contributed by atoms with van der Waals surface area (Å²) < 4.78 is 0.